The largest absolute Gasteiger partial charge is 0.283 e. The maximum absolute atomic E-state index is 13.0. The third kappa shape index (κ3) is 2.68. The molecule has 0 spiro atoms. The van der Waals surface area contributed by atoms with Crippen LogP contribution in [0.1, 0.15) is 23.8 Å². The van der Waals surface area contributed by atoms with Crippen molar-refractivity contribution in [2.75, 3.05) is 5.75 Å². The van der Waals surface area contributed by atoms with Crippen molar-refractivity contribution >= 4 is 33.3 Å². The average Bonchev–Trinajstić information content (AvgIpc) is 2.85. The van der Waals surface area contributed by atoms with Gasteiger partial charge in [-0.05, 0) is 30.7 Å². The molecule has 2 aromatic rings. The number of nitrogens with zero attached hydrogens (tertiary/aromatic N) is 2. The maximum Gasteiger partial charge on any atom is 0.263 e. The van der Waals surface area contributed by atoms with Crippen LogP contribution in [0.3, 0.4) is 0 Å². The molecule has 0 fully saturated rings. The van der Waals surface area contributed by atoms with Gasteiger partial charge in [-0.25, -0.2) is 4.98 Å². The van der Waals surface area contributed by atoms with Crippen LogP contribution in [0.25, 0.3) is 10.2 Å². The van der Waals surface area contributed by atoms with E-state index in [0.29, 0.717) is 12.5 Å². The zero-order chi connectivity index (χ0) is 15.7. The normalized spacial score (nSPS) is 17.4. The van der Waals surface area contributed by atoms with Crippen molar-refractivity contribution in [2.45, 2.75) is 37.9 Å². The lowest BCUT2D eigenvalue weighted by molar-refractivity contribution is 0.509. The molecule has 1 atom stereocenters. The predicted molar refractivity (Wildman–Crippen MR) is 96.2 cm³/mol. The SMILES string of the molecule is C=CCSc1nc2sc3c(c2c(=O)n1CC=C)CC[C@@H](C)C3. The zero-order valence-electron chi connectivity index (χ0n) is 12.8. The molecule has 116 valence electrons. The van der Waals surface area contributed by atoms with Crippen LogP contribution in [0.5, 0.6) is 0 Å². The van der Waals surface area contributed by atoms with Crippen molar-refractivity contribution in [3.8, 4) is 0 Å². The Hall–Kier alpha value is -1.33. The minimum atomic E-state index is 0.0866. The maximum atomic E-state index is 13.0. The van der Waals surface area contributed by atoms with E-state index in [4.69, 9.17) is 4.98 Å². The molecule has 0 saturated heterocycles. The van der Waals surface area contributed by atoms with Crippen molar-refractivity contribution < 1.29 is 0 Å². The lowest BCUT2D eigenvalue weighted by Crippen LogP contribution is -2.23. The molecular formula is C17H20N2OS2. The third-order valence-corrected chi connectivity index (χ3v) is 6.14. The molecule has 5 heteroatoms. The Balaban J connectivity index is 2.21. The summed E-state index contributed by atoms with van der Waals surface area (Å²) in [5.74, 6) is 1.45. The Morgan fingerprint density at radius 1 is 1.45 bits per heavy atom. The highest BCUT2D eigenvalue weighted by atomic mass is 32.2. The van der Waals surface area contributed by atoms with E-state index in [1.54, 1.807) is 33.7 Å². The topological polar surface area (TPSA) is 34.9 Å². The van der Waals surface area contributed by atoms with Crippen molar-refractivity contribution in [1.82, 2.24) is 9.55 Å². The Bertz CT molecular complexity index is 788. The van der Waals surface area contributed by atoms with Gasteiger partial charge in [0.25, 0.3) is 5.56 Å². The van der Waals surface area contributed by atoms with Crippen molar-refractivity contribution in [3.05, 3.63) is 46.1 Å². The molecule has 2 aromatic heterocycles. The Morgan fingerprint density at radius 2 is 2.27 bits per heavy atom. The van der Waals surface area contributed by atoms with Crippen molar-refractivity contribution in [3.63, 3.8) is 0 Å². The van der Waals surface area contributed by atoms with Crippen molar-refractivity contribution in [1.29, 1.82) is 0 Å². The summed E-state index contributed by atoms with van der Waals surface area (Å²) >= 11 is 3.26. The number of rotatable bonds is 5. The van der Waals surface area contributed by atoms with E-state index in [-0.39, 0.29) is 5.56 Å². The van der Waals surface area contributed by atoms with Crippen LogP contribution in [0.15, 0.2) is 35.3 Å². The first-order valence-corrected chi connectivity index (χ1v) is 9.35. The molecule has 0 bridgehead atoms. The Kier molecular flexibility index (Phi) is 4.54. The number of aryl methyl sites for hydroxylation is 1. The highest BCUT2D eigenvalue weighted by molar-refractivity contribution is 7.99. The van der Waals surface area contributed by atoms with Gasteiger partial charge >= 0.3 is 0 Å². The van der Waals surface area contributed by atoms with E-state index in [9.17, 15) is 4.79 Å². The summed E-state index contributed by atoms with van der Waals surface area (Å²) < 4.78 is 1.74. The van der Waals surface area contributed by atoms with E-state index < -0.39 is 0 Å². The highest BCUT2D eigenvalue weighted by Gasteiger charge is 2.24. The molecule has 0 amide bonds. The fourth-order valence-corrected chi connectivity index (χ4v) is 5.11. The number of thiophene rings is 1. The van der Waals surface area contributed by atoms with E-state index in [0.717, 1.165) is 40.4 Å². The van der Waals surface area contributed by atoms with Gasteiger partial charge in [0.05, 0.1) is 5.39 Å². The van der Waals surface area contributed by atoms with E-state index in [1.165, 1.54) is 10.4 Å². The molecule has 22 heavy (non-hydrogen) atoms. The summed E-state index contributed by atoms with van der Waals surface area (Å²) in [7, 11) is 0. The smallest absolute Gasteiger partial charge is 0.263 e. The first kappa shape index (κ1) is 15.6. The molecule has 2 heterocycles. The monoisotopic (exact) mass is 332 g/mol. The van der Waals surface area contributed by atoms with Crippen LogP contribution in [0, 0.1) is 5.92 Å². The van der Waals surface area contributed by atoms with Crippen LogP contribution < -0.4 is 5.56 Å². The van der Waals surface area contributed by atoms with Gasteiger partial charge in [0.2, 0.25) is 0 Å². The van der Waals surface area contributed by atoms with Crippen molar-refractivity contribution in [2.24, 2.45) is 5.92 Å². The summed E-state index contributed by atoms with van der Waals surface area (Å²) in [4.78, 5) is 20.0. The summed E-state index contributed by atoms with van der Waals surface area (Å²) in [6.45, 7) is 10.3. The van der Waals surface area contributed by atoms with Gasteiger partial charge in [0, 0.05) is 17.2 Å². The molecule has 0 N–H and O–H groups in total. The van der Waals surface area contributed by atoms with Crippen LogP contribution in [0.4, 0.5) is 0 Å². The third-order valence-electron chi connectivity index (χ3n) is 4.02. The van der Waals surface area contributed by atoms with E-state index in [1.807, 2.05) is 6.08 Å². The number of hydrogen-bond acceptors (Lipinski definition) is 4. The first-order valence-electron chi connectivity index (χ1n) is 7.55. The molecule has 0 saturated carbocycles. The molecule has 0 unspecified atom stereocenters. The summed E-state index contributed by atoms with van der Waals surface area (Å²) in [5, 5.41) is 1.61. The van der Waals surface area contributed by atoms with Crippen LogP contribution in [0.2, 0.25) is 0 Å². The molecule has 3 rings (SSSR count). The molecule has 0 radical (unpaired) electrons. The number of allylic oxidation sites excluding steroid dienone is 1. The van der Waals surface area contributed by atoms with Gasteiger partial charge in [-0.2, -0.15) is 0 Å². The van der Waals surface area contributed by atoms with Gasteiger partial charge in [0.15, 0.2) is 5.16 Å². The Labute approximate surface area is 138 Å². The summed E-state index contributed by atoms with van der Waals surface area (Å²) in [5.41, 5.74) is 1.33. The quantitative estimate of drug-likeness (QED) is 0.471. The van der Waals surface area contributed by atoms with Gasteiger partial charge in [-0.15, -0.1) is 24.5 Å². The fourth-order valence-electron chi connectivity index (χ4n) is 2.94. The lowest BCUT2D eigenvalue weighted by Gasteiger charge is -2.17. The summed E-state index contributed by atoms with van der Waals surface area (Å²) in [6.07, 6.45) is 6.83. The van der Waals surface area contributed by atoms with Gasteiger partial charge in [0.1, 0.15) is 4.83 Å². The standard InChI is InChI=1S/C17H20N2OS2/c1-4-8-19-16(20)14-12-7-6-11(3)10-13(12)22-15(14)18-17(19)21-9-5-2/h4-5,11H,1-2,6-10H2,3H3/t11-/m1/s1. The summed E-state index contributed by atoms with van der Waals surface area (Å²) in [6, 6.07) is 0. The molecule has 1 aliphatic carbocycles. The highest BCUT2D eigenvalue weighted by Crippen LogP contribution is 2.36. The minimum absolute atomic E-state index is 0.0866. The zero-order valence-corrected chi connectivity index (χ0v) is 14.4. The number of hydrogen-bond donors (Lipinski definition) is 0. The van der Waals surface area contributed by atoms with Gasteiger partial charge in [-0.1, -0.05) is 30.8 Å². The number of fused-ring (bicyclic) bond motifs is 3. The second kappa shape index (κ2) is 6.42. The van der Waals surface area contributed by atoms with Gasteiger partial charge < -0.3 is 0 Å². The van der Waals surface area contributed by atoms with Crippen LogP contribution in [-0.2, 0) is 19.4 Å². The van der Waals surface area contributed by atoms with E-state index in [2.05, 4.69) is 20.1 Å². The van der Waals surface area contributed by atoms with Gasteiger partial charge in [-0.3, -0.25) is 9.36 Å². The molecule has 1 aliphatic rings. The minimum Gasteiger partial charge on any atom is -0.283 e. The second-order valence-corrected chi connectivity index (χ2v) is 7.80. The predicted octanol–water partition coefficient (Wildman–Crippen LogP) is 4.05. The molecule has 3 nitrogen and oxygen atoms in total. The Morgan fingerprint density at radius 3 is 3.00 bits per heavy atom. The number of aromatic nitrogens is 2. The molecule has 0 aliphatic heterocycles. The fraction of sp³-hybridized carbons (Fsp3) is 0.412. The average molecular weight is 332 g/mol. The van der Waals surface area contributed by atoms with E-state index >= 15 is 0 Å². The number of thioether (sulfide) groups is 1. The second-order valence-electron chi connectivity index (χ2n) is 5.73. The molecule has 0 aromatic carbocycles. The lowest BCUT2D eigenvalue weighted by atomic mass is 9.89. The van der Waals surface area contributed by atoms with Crippen LogP contribution >= 0.6 is 23.1 Å². The molecular weight excluding hydrogens is 312 g/mol. The first-order chi connectivity index (χ1) is 10.7. The van der Waals surface area contributed by atoms with Crippen LogP contribution in [-0.4, -0.2) is 15.3 Å².